The van der Waals surface area contributed by atoms with Crippen molar-refractivity contribution in [1.82, 2.24) is 0 Å². The van der Waals surface area contributed by atoms with Gasteiger partial charge < -0.3 is 9.47 Å². The standard InChI is InChI=1S/C18H38O2/c1-5-9-11-12-13-15-18(14-10-6-2,19-16-7-3)20-17-8-4/h5-17H2,1-4H3. The van der Waals surface area contributed by atoms with Gasteiger partial charge in [-0.3, -0.25) is 0 Å². The molecule has 0 aliphatic carbocycles. The fraction of sp³-hybridized carbons (Fsp3) is 1.00. The second kappa shape index (κ2) is 13.9. The van der Waals surface area contributed by atoms with Crippen LogP contribution in [0, 0.1) is 0 Å². The molecule has 0 radical (unpaired) electrons. The molecule has 0 aliphatic heterocycles. The summed E-state index contributed by atoms with van der Waals surface area (Å²) >= 11 is 0. The first-order valence-corrected chi connectivity index (χ1v) is 9.02. The van der Waals surface area contributed by atoms with E-state index in [0.29, 0.717) is 0 Å². The molecule has 0 N–H and O–H groups in total. The van der Waals surface area contributed by atoms with Crippen molar-refractivity contribution in [1.29, 1.82) is 0 Å². The quantitative estimate of drug-likeness (QED) is 0.268. The molecule has 0 fully saturated rings. The van der Waals surface area contributed by atoms with Crippen molar-refractivity contribution in [2.24, 2.45) is 0 Å². The first kappa shape index (κ1) is 19.9. The predicted octanol–water partition coefficient (Wildman–Crippen LogP) is 6.09. The molecule has 0 aliphatic rings. The molecule has 0 spiro atoms. The Morgan fingerprint density at radius 2 is 1.05 bits per heavy atom. The van der Waals surface area contributed by atoms with Gasteiger partial charge in [0.25, 0.3) is 0 Å². The minimum atomic E-state index is -0.297. The van der Waals surface area contributed by atoms with Gasteiger partial charge in [-0.15, -0.1) is 0 Å². The highest BCUT2D eigenvalue weighted by molar-refractivity contribution is 4.71. The fourth-order valence-corrected chi connectivity index (χ4v) is 2.48. The summed E-state index contributed by atoms with van der Waals surface area (Å²) in [6, 6.07) is 0. The van der Waals surface area contributed by atoms with Crippen LogP contribution in [0.3, 0.4) is 0 Å². The Morgan fingerprint density at radius 3 is 1.55 bits per heavy atom. The molecule has 2 nitrogen and oxygen atoms in total. The predicted molar refractivity (Wildman–Crippen MR) is 88.1 cm³/mol. The number of hydrogen-bond acceptors (Lipinski definition) is 2. The van der Waals surface area contributed by atoms with Crippen LogP contribution in [-0.4, -0.2) is 19.0 Å². The van der Waals surface area contributed by atoms with Crippen molar-refractivity contribution in [3.63, 3.8) is 0 Å². The van der Waals surface area contributed by atoms with Crippen LogP contribution in [0.4, 0.5) is 0 Å². The van der Waals surface area contributed by atoms with Gasteiger partial charge >= 0.3 is 0 Å². The maximum absolute atomic E-state index is 6.17. The fourth-order valence-electron chi connectivity index (χ4n) is 2.48. The summed E-state index contributed by atoms with van der Waals surface area (Å²) in [7, 11) is 0. The number of rotatable bonds is 15. The summed E-state index contributed by atoms with van der Waals surface area (Å²) in [6.07, 6.45) is 13.2. The van der Waals surface area contributed by atoms with Crippen molar-refractivity contribution >= 4 is 0 Å². The molecular weight excluding hydrogens is 248 g/mol. The number of unbranched alkanes of at least 4 members (excludes halogenated alkanes) is 5. The Bertz CT molecular complexity index is 170. The molecule has 0 atom stereocenters. The topological polar surface area (TPSA) is 18.5 Å². The van der Waals surface area contributed by atoms with Crippen molar-refractivity contribution in [2.45, 2.75) is 104 Å². The van der Waals surface area contributed by atoms with Crippen LogP contribution >= 0.6 is 0 Å². The highest BCUT2D eigenvalue weighted by Crippen LogP contribution is 2.28. The zero-order chi connectivity index (χ0) is 15.1. The molecule has 0 amide bonds. The van der Waals surface area contributed by atoms with E-state index in [2.05, 4.69) is 27.7 Å². The molecule has 0 unspecified atom stereocenters. The van der Waals surface area contributed by atoms with Gasteiger partial charge in [-0.05, 0) is 25.7 Å². The minimum Gasteiger partial charge on any atom is -0.350 e. The van der Waals surface area contributed by atoms with E-state index >= 15 is 0 Å². The molecule has 0 aromatic carbocycles. The Kier molecular flexibility index (Phi) is 13.8. The van der Waals surface area contributed by atoms with Crippen molar-refractivity contribution in [3.8, 4) is 0 Å². The summed E-state index contributed by atoms with van der Waals surface area (Å²) in [5.74, 6) is -0.297. The maximum Gasteiger partial charge on any atom is 0.168 e. The minimum absolute atomic E-state index is 0.297. The lowest BCUT2D eigenvalue weighted by Crippen LogP contribution is -2.37. The van der Waals surface area contributed by atoms with Crippen molar-refractivity contribution in [3.05, 3.63) is 0 Å². The van der Waals surface area contributed by atoms with Crippen molar-refractivity contribution < 1.29 is 9.47 Å². The van der Waals surface area contributed by atoms with Gasteiger partial charge in [-0.1, -0.05) is 59.8 Å². The highest BCUT2D eigenvalue weighted by Gasteiger charge is 2.30. The smallest absolute Gasteiger partial charge is 0.168 e. The lowest BCUT2D eigenvalue weighted by molar-refractivity contribution is -0.246. The second-order valence-electron chi connectivity index (χ2n) is 5.88. The van der Waals surface area contributed by atoms with Crippen LogP contribution in [-0.2, 0) is 9.47 Å². The van der Waals surface area contributed by atoms with E-state index in [1.165, 1.54) is 44.9 Å². The summed E-state index contributed by atoms with van der Waals surface area (Å²) in [4.78, 5) is 0. The molecule has 0 rings (SSSR count). The van der Waals surface area contributed by atoms with Gasteiger partial charge in [0.05, 0.1) is 0 Å². The highest BCUT2D eigenvalue weighted by atomic mass is 16.7. The Morgan fingerprint density at radius 1 is 0.550 bits per heavy atom. The molecule has 0 heterocycles. The van der Waals surface area contributed by atoms with Gasteiger partial charge in [0.1, 0.15) is 0 Å². The lowest BCUT2D eigenvalue weighted by Gasteiger charge is -2.34. The third kappa shape index (κ3) is 9.77. The molecule has 0 saturated carbocycles. The molecular formula is C18H38O2. The SMILES string of the molecule is CCCCCCCC(CCCC)(OCCC)OCCC. The van der Waals surface area contributed by atoms with Crippen LogP contribution in [0.5, 0.6) is 0 Å². The molecule has 0 aromatic rings. The first-order valence-electron chi connectivity index (χ1n) is 9.02. The molecule has 0 aromatic heterocycles. The van der Waals surface area contributed by atoms with E-state index in [1.54, 1.807) is 0 Å². The number of ether oxygens (including phenoxy) is 2. The monoisotopic (exact) mass is 286 g/mol. The molecule has 122 valence electrons. The van der Waals surface area contributed by atoms with Crippen LogP contribution in [0.1, 0.15) is 98.3 Å². The van der Waals surface area contributed by atoms with Crippen LogP contribution in [0.2, 0.25) is 0 Å². The summed E-state index contributed by atoms with van der Waals surface area (Å²) < 4.78 is 12.3. The Balaban J connectivity index is 4.34. The zero-order valence-corrected chi connectivity index (χ0v) is 14.5. The lowest BCUT2D eigenvalue weighted by atomic mass is 10.00. The Hall–Kier alpha value is -0.0800. The largest absolute Gasteiger partial charge is 0.350 e. The number of hydrogen-bond donors (Lipinski definition) is 0. The normalized spacial score (nSPS) is 12.0. The van der Waals surface area contributed by atoms with E-state index in [-0.39, 0.29) is 5.79 Å². The summed E-state index contributed by atoms with van der Waals surface area (Å²) in [5, 5.41) is 0. The molecule has 20 heavy (non-hydrogen) atoms. The average molecular weight is 286 g/mol. The van der Waals surface area contributed by atoms with Crippen LogP contribution < -0.4 is 0 Å². The third-order valence-electron chi connectivity index (χ3n) is 3.71. The maximum atomic E-state index is 6.17. The van der Waals surface area contributed by atoms with E-state index in [0.717, 1.165) is 38.9 Å². The molecule has 2 heteroatoms. The van der Waals surface area contributed by atoms with Crippen LogP contribution in [0.25, 0.3) is 0 Å². The van der Waals surface area contributed by atoms with Gasteiger partial charge in [-0.2, -0.15) is 0 Å². The van der Waals surface area contributed by atoms with Crippen LogP contribution in [0.15, 0.2) is 0 Å². The molecule has 0 bridgehead atoms. The van der Waals surface area contributed by atoms with E-state index in [1.807, 2.05) is 0 Å². The van der Waals surface area contributed by atoms with E-state index < -0.39 is 0 Å². The zero-order valence-electron chi connectivity index (χ0n) is 14.5. The summed E-state index contributed by atoms with van der Waals surface area (Å²) in [5.41, 5.74) is 0. The second-order valence-corrected chi connectivity index (χ2v) is 5.88. The van der Waals surface area contributed by atoms with Gasteiger partial charge in [-0.25, -0.2) is 0 Å². The van der Waals surface area contributed by atoms with Gasteiger partial charge in [0.2, 0.25) is 0 Å². The Labute approximate surface area is 127 Å². The van der Waals surface area contributed by atoms with E-state index in [9.17, 15) is 0 Å². The first-order chi connectivity index (χ1) is 9.74. The summed E-state index contributed by atoms with van der Waals surface area (Å²) in [6.45, 7) is 10.5. The molecule has 0 saturated heterocycles. The van der Waals surface area contributed by atoms with Gasteiger partial charge in [0.15, 0.2) is 5.79 Å². The van der Waals surface area contributed by atoms with E-state index in [4.69, 9.17) is 9.47 Å². The third-order valence-corrected chi connectivity index (χ3v) is 3.71. The van der Waals surface area contributed by atoms with Crippen molar-refractivity contribution in [2.75, 3.05) is 13.2 Å². The van der Waals surface area contributed by atoms with Gasteiger partial charge in [0, 0.05) is 26.1 Å². The average Bonchev–Trinajstić information content (AvgIpc) is 2.48.